The minimum Gasteiger partial charge on any atom is -0.469 e. The van der Waals surface area contributed by atoms with Gasteiger partial charge in [-0.2, -0.15) is 0 Å². The average Bonchev–Trinajstić information content (AvgIpc) is 2.26. The van der Waals surface area contributed by atoms with Crippen LogP contribution in [0.15, 0.2) is 5.16 Å². The maximum absolute atomic E-state index is 10.9. The summed E-state index contributed by atoms with van der Waals surface area (Å²) in [5, 5.41) is 12.1. The predicted octanol–water partition coefficient (Wildman–Crippen LogP) is 1.96. The zero-order chi connectivity index (χ0) is 10.4. The summed E-state index contributed by atoms with van der Waals surface area (Å²) in [5.41, 5.74) is 0.847. The molecule has 1 atom stereocenters. The van der Waals surface area contributed by atoms with Crippen molar-refractivity contribution in [1.82, 2.24) is 0 Å². The van der Waals surface area contributed by atoms with Gasteiger partial charge in [0.15, 0.2) is 0 Å². The second-order valence-electron chi connectivity index (χ2n) is 3.65. The summed E-state index contributed by atoms with van der Waals surface area (Å²) in [6.07, 6.45) is 5.30. The molecule has 1 aliphatic carbocycles. The third-order valence-electron chi connectivity index (χ3n) is 2.76. The molecule has 0 spiro atoms. The van der Waals surface area contributed by atoms with Gasteiger partial charge in [-0.3, -0.25) is 4.79 Å². The Morgan fingerprint density at radius 2 is 2.43 bits per heavy atom. The van der Waals surface area contributed by atoms with Gasteiger partial charge < -0.3 is 9.94 Å². The first kappa shape index (κ1) is 11.0. The van der Waals surface area contributed by atoms with Crippen molar-refractivity contribution in [3.05, 3.63) is 0 Å². The number of methoxy groups -OCH3 is 1. The van der Waals surface area contributed by atoms with Crippen LogP contribution >= 0.6 is 0 Å². The van der Waals surface area contributed by atoms with E-state index in [0.29, 0.717) is 6.42 Å². The summed E-state index contributed by atoms with van der Waals surface area (Å²) in [6, 6.07) is 0. The summed E-state index contributed by atoms with van der Waals surface area (Å²) in [6.45, 7) is 0. The molecule has 1 N–H and O–H groups in total. The number of carbonyl (C=O) groups is 1. The summed E-state index contributed by atoms with van der Waals surface area (Å²) >= 11 is 0. The van der Waals surface area contributed by atoms with Crippen molar-refractivity contribution >= 4 is 11.7 Å². The van der Waals surface area contributed by atoms with Crippen LogP contribution in [0.1, 0.15) is 38.5 Å². The van der Waals surface area contributed by atoms with Crippen LogP contribution in [0, 0.1) is 5.92 Å². The molecular weight excluding hydrogens is 182 g/mol. The van der Waals surface area contributed by atoms with Crippen LogP contribution < -0.4 is 0 Å². The minimum atomic E-state index is -0.187. The molecule has 1 unspecified atom stereocenters. The second-order valence-corrected chi connectivity index (χ2v) is 3.65. The Kier molecular flexibility index (Phi) is 4.43. The highest BCUT2D eigenvalue weighted by Gasteiger charge is 2.21. The molecule has 0 aliphatic heterocycles. The molecule has 0 saturated heterocycles. The van der Waals surface area contributed by atoms with E-state index >= 15 is 0 Å². The zero-order valence-electron chi connectivity index (χ0n) is 8.53. The van der Waals surface area contributed by atoms with Gasteiger partial charge in [-0.15, -0.1) is 0 Å². The first-order valence-corrected chi connectivity index (χ1v) is 5.05. The molecule has 1 fully saturated rings. The third-order valence-corrected chi connectivity index (χ3v) is 2.76. The molecule has 0 aromatic heterocycles. The van der Waals surface area contributed by atoms with Gasteiger partial charge in [0.2, 0.25) is 0 Å². The molecule has 0 bridgehead atoms. The lowest BCUT2D eigenvalue weighted by atomic mass is 9.84. The van der Waals surface area contributed by atoms with Gasteiger partial charge in [0.1, 0.15) is 0 Å². The van der Waals surface area contributed by atoms with E-state index in [-0.39, 0.29) is 11.9 Å². The Bertz CT molecular complexity index is 225. The average molecular weight is 199 g/mol. The van der Waals surface area contributed by atoms with Crippen molar-refractivity contribution in [3.63, 3.8) is 0 Å². The lowest BCUT2D eigenvalue weighted by molar-refractivity contribution is -0.140. The highest BCUT2D eigenvalue weighted by molar-refractivity contribution is 5.87. The van der Waals surface area contributed by atoms with Crippen LogP contribution in [0.25, 0.3) is 0 Å². The highest BCUT2D eigenvalue weighted by Crippen LogP contribution is 2.25. The summed E-state index contributed by atoms with van der Waals surface area (Å²) in [4.78, 5) is 10.9. The maximum atomic E-state index is 10.9. The molecule has 4 heteroatoms. The minimum absolute atomic E-state index is 0.187. The van der Waals surface area contributed by atoms with E-state index in [1.165, 1.54) is 7.11 Å². The Hall–Kier alpha value is -1.06. The smallest absolute Gasteiger partial charge is 0.305 e. The number of esters is 1. The Morgan fingerprint density at radius 1 is 1.64 bits per heavy atom. The number of ether oxygens (including phenoxy) is 1. The second kappa shape index (κ2) is 5.62. The monoisotopic (exact) mass is 199 g/mol. The van der Waals surface area contributed by atoms with Crippen molar-refractivity contribution < 1.29 is 14.7 Å². The third kappa shape index (κ3) is 3.01. The fraction of sp³-hybridized carbons (Fsp3) is 0.800. The van der Waals surface area contributed by atoms with E-state index in [2.05, 4.69) is 9.89 Å². The molecule has 0 aromatic carbocycles. The summed E-state index contributed by atoms with van der Waals surface area (Å²) in [5.74, 6) is 0.0840. The van der Waals surface area contributed by atoms with Crippen molar-refractivity contribution in [2.24, 2.45) is 11.1 Å². The standard InChI is InChI=1S/C10H17NO3/c1-14-10(12)7-6-8-4-2-3-5-9(8)11-13/h8,13H,2-7H2,1H3. The number of rotatable bonds is 3. The topological polar surface area (TPSA) is 58.9 Å². The van der Waals surface area contributed by atoms with Gasteiger partial charge in [0, 0.05) is 12.3 Å². The van der Waals surface area contributed by atoms with Gasteiger partial charge in [-0.1, -0.05) is 11.6 Å². The van der Waals surface area contributed by atoms with Crippen LogP contribution in [0.4, 0.5) is 0 Å². The maximum Gasteiger partial charge on any atom is 0.305 e. The molecule has 1 rings (SSSR count). The quantitative estimate of drug-likeness (QED) is 0.429. The molecular formula is C10H17NO3. The van der Waals surface area contributed by atoms with Gasteiger partial charge in [0.05, 0.1) is 12.8 Å². The van der Waals surface area contributed by atoms with Crippen molar-refractivity contribution in [2.45, 2.75) is 38.5 Å². The first-order valence-electron chi connectivity index (χ1n) is 5.05. The lowest BCUT2D eigenvalue weighted by Gasteiger charge is -2.22. The molecule has 4 nitrogen and oxygen atoms in total. The Balaban J connectivity index is 2.37. The molecule has 0 aromatic rings. The van der Waals surface area contributed by atoms with E-state index < -0.39 is 0 Å². The molecule has 0 amide bonds. The van der Waals surface area contributed by atoms with Crippen molar-refractivity contribution in [2.75, 3.05) is 7.11 Å². The normalized spacial score (nSPS) is 24.9. The summed E-state index contributed by atoms with van der Waals surface area (Å²) < 4.78 is 4.57. The fourth-order valence-electron chi connectivity index (χ4n) is 1.90. The van der Waals surface area contributed by atoms with Crippen LogP contribution in [-0.2, 0) is 9.53 Å². The summed E-state index contributed by atoms with van der Waals surface area (Å²) in [7, 11) is 1.39. The number of oxime groups is 1. The van der Waals surface area contributed by atoms with Crippen LogP contribution in [-0.4, -0.2) is 24.0 Å². The van der Waals surface area contributed by atoms with Crippen molar-refractivity contribution in [3.8, 4) is 0 Å². The lowest BCUT2D eigenvalue weighted by Crippen LogP contribution is -2.20. The molecule has 1 saturated carbocycles. The van der Waals surface area contributed by atoms with Gasteiger partial charge in [-0.25, -0.2) is 0 Å². The van der Waals surface area contributed by atoms with Gasteiger partial charge >= 0.3 is 5.97 Å². The van der Waals surface area contributed by atoms with Crippen LogP contribution in [0.2, 0.25) is 0 Å². The highest BCUT2D eigenvalue weighted by atomic mass is 16.5. The molecule has 14 heavy (non-hydrogen) atoms. The van der Waals surface area contributed by atoms with Crippen LogP contribution in [0.5, 0.6) is 0 Å². The van der Waals surface area contributed by atoms with Gasteiger partial charge in [0.25, 0.3) is 0 Å². The van der Waals surface area contributed by atoms with E-state index in [4.69, 9.17) is 5.21 Å². The largest absolute Gasteiger partial charge is 0.469 e. The van der Waals surface area contributed by atoms with Gasteiger partial charge in [-0.05, 0) is 25.7 Å². The number of hydrogen-bond acceptors (Lipinski definition) is 4. The number of carbonyl (C=O) groups excluding carboxylic acids is 1. The Labute approximate surface area is 83.9 Å². The molecule has 80 valence electrons. The predicted molar refractivity (Wildman–Crippen MR) is 52.4 cm³/mol. The van der Waals surface area contributed by atoms with E-state index in [9.17, 15) is 4.79 Å². The van der Waals surface area contributed by atoms with E-state index in [1.807, 2.05) is 0 Å². The van der Waals surface area contributed by atoms with E-state index in [1.54, 1.807) is 0 Å². The zero-order valence-corrected chi connectivity index (χ0v) is 8.53. The molecule has 1 aliphatic rings. The van der Waals surface area contributed by atoms with Crippen LogP contribution in [0.3, 0.4) is 0 Å². The number of hydrogen-bond donors (Lipinski definition) is 1. The fourth-order valence-corrected chi connectivity index (χ4v) is 1.90. The SMILES string of the molecule is COC(=O)CCC1CCCCC1=NO. The number of nitrogens with zero attached hydrogens (tertiary/aromatic N) is 1. The Morgan fingerprint density at radius 3 is 3.07 bits per heavy atom. The molecule has 0 heterocycles. The molecule has 0 radical (unpaired) electrons. The van der Waals surface area contributed by atoms with E-state index in [0.717, 1.165) is 37.8 Å². The van der Waals surface area contributed by atoms with Crippen molar-refractivity contribution in [1.29, 1.82) is 0 Å². The first-order chi connectivity index (χ1) is 6.77.